The lowest BCUT2D eigenvalue weighted by atomic mass is 9.75. The van der Waals surface area contributed by atoms with E-state index in [0.29, 0.717) is 10.0 Å². The summed E-state index contributed by atoms with van der Waals surface area (Å²) in [7, 11) is 0. The Bertz CT molecular complexity index is 925. The highest BCUT2D eigenvalue weighted by Gasteiger charge is 2.48. The predicted molar refractivity (Wildman–Crippen MR) is 119 cm³/mol. The minimum Gasteiger partial charge on any atom is -0.487 e. The Morgan fingerprint density at radius 2 is 1.90 bits per heavy atom. The van der Waals surface area contributed by atoms with Crippen molar-refractivity contribution in [2.45, 2.75) is 63.1 Å². The van der Waals surface area contributed by atoms with E-state index < -0.39 is 0 Å². The summed E-state index contributed by atoms with van der Waals surface area (Å²) < 4.78 is 13.1. The SMILES string of the molecule is C[C@@]12CNCC[C@@H]1Oc1c(OC3CCCCC3)cc(-c3ccc(Cl)cc3Cl)cc12. The molecule has 0 spiro atoms. The van der Waals surface area contributed by atoms with Gasteiger partial charge in [0.25, 0.3) is 0 Å². The first-order valence-electron chi connectivity index (χ1n) is 10.7. The molecule has 0 aromatic heterocycles. The topological polar surface area (TPSA) is 30.5 Å². The van der Waals surface area contributed by atoms with Crippen molar-refractivity contribution in [2.24, 2.45) is 0 Å². The first-order valence-corrected chi connectivity index (χ1v) is 11.5. The van der Waals surface area contributed by atoms with Gasteiger partial charge in [0.1, 0.15) is 6.10 Å². The number of benzene rings is 2. The van der Waals surface area contributed by atoms with Crippen molar-refractivity contribution in [1.29, 1.82) is 0 Å². The first kappa shape index (κ1) is 19.5. The number of ether oxygens (including phenoxy) is 2. The Balaban J connectivity index is 1.61. The lowest BCUT2D eigenvalue weighted by Gasteiger charge is -2.35. The molecule has 2 aromatic rings. The number of nitrogens with one attached hydrogen (secondary N) is 1. The molecule has 2 fully saturated rings. The summed E-state index contributed by atoms with van der Waals surface area (Å²) in [6.45, 7) is 4.20. The molecular formula is C24H27Cl2NO2. The van der Waals surface area contributed by atoms with E-state index in [1.54, 1.807) is 6.07 Å². The van der Waals surface area contributed by atoms with Crippen LogP contribution in [0.2, 0.25) is 10.0 Å². The zero-order chi connectivity index (χ0) is 20.0. The Kier molecular flexibility index (Phi) is 5.18. The fraction of sp³-hybridized carbons (Fsp3) is 0.500. The molecule has 154 valence electrons. The molecule has 2 atom stereocenters. The summed E-state index contributed by atoms with van der Waals surface area (Å²) in [6.07, 6.45) is 7.46. The third-order valence-corrected chi connectivity index (χ3v) is 7.35. The summed E-state index contributed by atoms with van der Waals surface area (Å²) in [4.78, 5) is 0. The van der Waals surface area contributed by atoms with Crippen molar-refractivity contribution in [3.8, 4) is 22.6 Å². The average Bonchev–Trinajstić information content (AvgIpc) is 3.02. The van der Waals surface area contributed by atoms with E-state index in [1.165, 1.54) is 24.8 Å². The normalized spacial score (nSPS) is 26.5. The minimum absolute atomic E-state index is 0.0623. The average molecular weight is 432 g/mol. The Morgan fingerprint density at radius 3 is 2.69 bits per heavy atom. The van der Waals surface area contributed by atoms with Crippen molar-refractivity contribution in [3.63, 3.8) is 0 Å². The highest BCUT2D eigenvalue weighted by atomic mass is 35.5. The van der Waals surface area contributed by atoms with Crippen molar-refractivity contribution in [2.75, 3.05) is 13.1 Å². The molecule has 2 heterocycles. The molecule has 3 aliphatic rings. The summed E-state index contributed by atoms with van der Waals surface area (Å²) >= 11 is 12.7. The number of hydrogen-bond donors (Lipinski definition) is 1. The number of piperidine rings is 1. The highest BCUT2D eigenvalue weighted by Crippen LogP contribution is 2.52. The van der Waals surface area contributed by atoms with Crippen LogP contribution in [-0.2, 0) is 5.41 Å². The van der Waals surface area contributed by atoms with Crippen LogP contribution in [0.15, 0.2) is 30.3 Å². The first-order chi connectivity index (χ1) is 14.0. The summed E-state index contributed by atoms with van der Waals surface area (Å²) in [6, 6.07) is 10.0. The van der Waals surface area contributed by atoms with Crippen LogP contribution < -0.4 is 14.8 Å². The van der Waals surface area contributed by atoms with Gasteiger partial charge >= 0.3 is 0 Å². The fourth-order valence-corrected chi connectivity index (χ4v) is 5.61. The Morgan fingerprint density at radius 1 is 1.07 bits per heavy atom. The van der Waals surface area contributed by atoms with E-state index in [1.807, 2.05) is 12.1 Å². The Labute approximate surface area is 182 Å². The van der Waals surface area contributed by atoms with Crippen LogP contribution >= 0.6 is 23.2 Å². The van der Waals surface area contributed by atoms with E-state index in [0.717, 1.165) is 55.0 Å². The van der Waals surface area contributed by atoms with Gasteiger partial charge < -0.3 is 14.8 Å². The second kappa shape index (κ2) is 7.68. The van der Waals surface area contributed by atoms with Crippen LogP contribution in [-0.4, -0.2) is 25.3 Å². The van der Waals surface area contributed by atoms with Gasteiger partial charge in [0, 0.05) is 33.1 Å². The van der Waals surface area contributed by atoms with Crippen molar-refractivity contribution in [1.82, 2.24) is 5.32 Å². The zero-order valence-electron chi connectivity index (χ0n) is 16.8. The van der Waals surface area contributed by atoms with Crippen molar-refractivity contribution >= 4 is 23.2 Å². The largest absolute Gasteiger partial charge is 0.487 e. The highest BCUT2D eigenvalue weighted by molar-refractivity contribution is 6.36. The molecule has 1 N–H and O–H groups in total. The van der Waals surface area contributed by atoms with Gasteiger partial charge in [-0.1, -0.05) is 42.6 Å². The molecule has 5 heteroatoms. The summed E-state index contributed by atoms with van der Waals surface area (Å²) in [5.74, 6) is 1.80. The van der Waals surface area contributed by atoms with Crippen LogP contribution in [0.1, 0.15) is 51.0 Å². The molecule has 0 radical (unpaired) electrons. The van der Waals surface area contributed by atoms with Crippen molar-refractivity contribution < 1.29 is 9.47 Å². The molecule has 0 unspecified atom stereocenters. The molecule has 1 aliphatic carbocycles. The van der Waals surface area contributed by atoms with Gasteiger partial charge in [-0.05, 0) is 68.5 Å². The third kappa shape index (κ3) is 3.52. The molecule has 1 saturated heterocycles. The molecular weight excluding hydrogens is 405 g/mol. The molecule has 2 aliphatic heterocycles. The van der Waals surface area contributed by atoms with Crippen molar-refractivity contribution in [3.05, 3.63) is 45.9 Å². The van der Waals surface area contributed by atoms with Gasteiger partial charge in [-0.2, -0.15) is 0 Å². The number of hydrogen-bond acceptors (Lipinski definition) is 3. The lowest BCUT2D eigenvalue weighted by molar-refractivity contribution is 0.109. The predicted octanol–water partition coefficient (Wildman–Crippen LogP) is 6.38. The molecule has 29 heavy (non-hydrogen) atoms. The van der Waals surface area contributed by atoms with Crippen LogP contribution in [0.3, 0.4) is 0 Å². The Hall–Kier alpha value is -1.42. The number of halogens is 2. The molecule has 1 saturated carbocycles. The molecule has 0 amide bonds. The van der Waals surface area contributed by atoms with Crippen LogP contribution in [0, 0.1) is 0 Å². The maximum atomic E-state index is 6.56. The van der Waals surface area contributed by atoms with Gasteiger partial charge in [0.15, 0.2) is 11.5 Å². The van der Waals surface area contributed by atoms with Crippen LogP contribution in [0.5, 0.6) is 11.5 Å². The third-order valence-electron chi connectivity index (χ3n) is 6.80. The maximum absolute atomic E-state index is 6.56. The van der Waals surface area contributed by atoms with E-state index in [-0.39, 0.29) is 17.6 Å². The van der Waals surface area contributed by atoms with Gasteiger partial charge in [-0.25, -0.2) is 0 Å². The van der Waals surface area contributed by atoms with Gasteiger partial charge in [0.05, 0.1) is 6.10 Å². The monoisotopic (exact) mass is 431 g/mol. The number of rotatable bonds is 3. The summed E-state index contributed by atoms with van der Waals surface area (Å²) in [5, 5.41) is 4.85. The fourth-order valence-electron chi connectivity index (χ4n) is 5.09. The summed E-state index contributed by atoms with van der Waals surface area (Å²) in [5.41, 5.74) is 3.20. The zero-order valence-corrected chi connectivity index (χ0v) is 18.3. The second-order valence-electron chi connectivity index (χ2n) is 8.84. The van der Waals surface area contributed by atoms with E-state index >= 15 is 0 Å². The number of fused-ring (bicyclic) bond motifs is 3. The lowest BCUT2D eigenvalue weighted by Crippen LogP contribution is -2.50. The maximum Gasteiger partial charge on any atom is 0.165 e. The van der Waals surface area contributed by atoms with E-state index in [4.69, 9.17) is 32.7 Å². The quantitative estimate of drug-likeness (QED) is 0.610. The molecule has 0 bridgehead atoms. The standard InChI is InChI=1S/C24H27Cl2NO2/c1-24-14-27-10-9-22(24)29-23-19(24)11-15(18-8-7-16(25)13-20(18)26)12-21(23)28-17-5-3-2-4-6-17/h7-8,11-13,17,22,27H,2-6,9-10,14H2,1H3/t22-,24-/m0/s1. The van der Waals surface area contributed by atoms with Crippen LogP contribution in [0.25, 0.3) is 11.1 Å². The van der Waals surface area contributed by atoms with Gasteiger partial charge in [0.2, 0.25) is 0 Å². The molecule has 5 rings (SSSR count). The van der Waals surface area contributed by atoms with Gasteiger partial charge in [-0.15, -0.1) is 0 Å². The van der Waals surface area contributed by atoms with E-state index in [2.05, 4.69) is 24.4 Å². The van der Waals surface area contributed by atoms with Gasteiger partial charge in [-0.3, -0.25) is 0 Å². The van der Waals surface area contributed by atoms with Crippen LogP contribution in [0.4, 0.5) is 0 Å². The van der Waals surface area contributed by atoms with E-state index in [9.17, 15) is 0 Å². The molecule has 3 nitrogen and oxygen atoms in total. The minimum atomic E-state index is -0.0623. The smallest absolute Gasteiger partial charge is 0.165 e. The second-order valence-corrected chi connectivity index (χ2v) is 9.69. The molecule has 2 aromatic carbocycles.